The number of phenolic OH excluding ortho intramolecular Hbond substituents is 1. The number of hydrogen-bond donors (Lipinski definition) is 3. The Bertz CT molecular complexity index is 586. The molecule has 0 heterocycles. The van der Waals surface area contributed by atoms with E-state index in [-0.39, 0.29) is 41.3 Å². The van der Waals surface area contributed by atoms with Gasteiger partial charge in [0, 0.05) is 0 Å². The third-order valence-corrected chi connectivity index (χ3v) is 3.73. The largest absolute Gasteiger partial charge is 1.00 e. The molecule has 0 spiro atoms. The van der Waals surface area contributed by atoms with Crippen LogP contribution in [0.2, 0.25) is 0 Å². The van der Waals surface area contributed by atoms with E-state index in [1.54, 1.807) is 6.92 Å². The Labute approximate surface area is 204 Å². The second-order valence-corrected chi connectivity index (χ2v) is 7.29. The summed E-state index contributed by atoms with van der Waals surface area (Å²) in [6.45, 7) is 8.23. The van der Waals surface area contributed by atoms with Gasteiger partial charge in [0.15, 0.2) is 0 Å². The Kier molecular flexibility index (Phi) is 26.1. The maximum Gasteiger partial charge on any atom is 1.00 e. The van der Waals surface area contributed by atoms with Gasteiger partial charge in [-0.15, -0.1) is 0 Å². The molecule has 0 saturated carbocycles. The molecule has 30 heavy (non-hydrogen) atoms. The number of esters is 1. The average Bonchev–Trinajstić information content (AvgIpc) is 2.64. The van der Waals surface area contributed by atoms with Gasteiger partial charge in [-0.05, 0) is 31.2 Å². The van der Waals surface area contributed by atoms with Crippen LogP contribution in [-0.4, -0.2) is 35.2 Å². The van der Waals surface area contributed by atoms with Crippen molar-refractivity contribution in [3.8, 4) is 5.75 Å². The minimum atomic E-state index is -4.67. The first-order valence-corrected chi connectivity index (χ1v) is 11.5. The molecule has 0 aliphatic carbocycles. The van der Waals surface area contributed by atoms with Crippen LogP contribution in [0.15, 0.2) is 24.3 Å². The molecule has 0 aliphatic heterocycles. The standard InChI is InChI=1S/C12H25.C9H10O3.Na.H2O4S/c1-3-5-7-9-11-12-10-8-6-4-2;1-2-12-9(11)7-3-5-8(10)6-4-7;;1-5(2,3)4/h1,3-12H2,2H3;3-6,10H,2H2,1H3;;(H2,1,2,3,4)/q-1;;+1;. The number of phenols is 1. The van der Waals surface area contributed by atoms with Crippen LogP contribution in [0.5, 0.6) is 5.75 Å². The number of benzene rings is 1. The van der Waals surface area contributed by atoms with E-state index < -0.39 is 10.4 Å². The second-order valence-electron chi connectivity index (χ2n) is 6.40. The molecule has 7 nitrogen and oxygen atoms in total. The van der Waals surface area contributed by atoms with Crippen molar-refractivity contribution in [1.82, 2.24) is 0 Å². The summed E-state index contributed by atoms with van der Waals surface area (Å²) in [7, 11) is -4.67. The fourth-order valence-electron chi connectivity index (χ4n) is 2.30. The number of hydrogen-bond acceptors (Lipinski definition) is 5. The molecule has 1 aromatic rings. The topological polar surface area (TPSA) is 121 Å². The minimum absolute atomic E-state index is 0. The molecule has 0 bridgehead atoms. The van der Waals surface area contributed by atoms with Crippen LogP contribution in [0, 0.1) is 6.92 Å². The van der Waals surface area contributed by atoms with E-state index in [1.165, 1.54) is 82.1 Å². The maximum atomic E-state index is 11.1. The first-order valence-electron chi connectivity index (χ1n) is 10.1. The quantitative estimate of drug-likeness (QED) is 0.154. The van der Waals surface area contributed by atoms with Gasteiger partial charge in [-0.25, -0.2) is 4.79 Å². The Morgan fingerprint density at radius 3 is 1.67 bits per heavy atom. The van der Waals surface area contributed by atoms with E-state index in [2.05, 4.69) is 13.8 Å². The minimum Gasteiger partial charge on any atom is -0.508 e. The van der Waals surface area contributed by atoms with Crippen LogP contribution < -0.4 is 29.6 Å². The Hall–Kier alpha value is -0.640. The normalized spacial score (nSPS) is 9.90. The number of carbonyl (C=O) groups is 1. The van der Waals surface area contributed by atoms with Crippen molar-refractivity contribution in [2.45, 2.75) is 78.1 Å². The van der Waals surface area contributed by atoms with Crippen molar-refractivity contribution < 1.29 is 61.7 Å². The smallest absolute Gasteiger partial charge is 0.508 e. The van der Waals surface area contributed by atoms with Crippen LogP contribution in [0.4, 0.5) is 0 Å². The number of carbonyl (C=O) groups excluding carboxylic acids is 1. The molecule has 1 aromatic carbocycles. The van der Waals surface area contributed by atoms with Gasteiger partial charge in [0.2, 0.25) is 0 Å². The van der Waals surface area contributed by atoms with E-state index in [1.807, 2.05) is 0 Å². The Morgan fingerprint density at radius 2 is 1.30 bits per heavy atom. The van der Waals surface area contributed by atoms with Gasteiger partial charge in [-0.3, -0.25) is 9.11 Å². The van der Waals surface area contributed by atoms with E-state index in [9.17, 15) is 4.79 Å². The van der Waals surface area contributed by atoms with E-state index in [0.29, 0.717) is 12.2 Å². The maximum absolute atomic E-state index is 11.1. The summed E-state index contributed by atoms with van der Waals surface area (Å²) in [4.78, 5) is 11.1. The number of rotatable bonds is 11. The third kappa shape index (κ3) is 29.6. The molecule has 0 fully saturated rings. The molecular formula is C21H37NaO7S. The van der Waals surface area contributed by atoms with Gasteiger partial charge >= 0.3 is 45.9 Å². The van der Waals surface area contributed by atoms with E-state index >= 15 is 0 Å². The molecule has 0 aliphatic rings. The predicted molar refractivity (Wildman–Crippen MR) is 115 cm³/mol. The summed E-state index contributed by atoms with van der Waals surface area (Å²) in [5.74, 6) is -0.222. The molecule has 1 rings (SSSR count). The number of ether oxygens (including phenoxy) is 1. The number of aromatic hydroxyl groups is 1. The fourth-order valence-corrected chi connectivity index (χ4v) is 2.30. The van der Waals surface area contributed by atoms with Gasteiger partial charge in [0.1, 0.15) is 5.75 Å². The molecule has 0 amide bonds. The van der Waals surface area contributed by atoms with Gasteiger partial charge in [0.05, 0.1) is 12.2 Å². The third-order valence-electron chi connectivity index (χ3n) is 3.73. The summed E-state index contributed by atoms with van der Waals surface area (Å²) in [6, 6.07) is 5.94. The molecule has 3 N–H and O–H groups in total. The zero-order valence-electron chi connectivity index (χ0n) is 18.7. The van der Waals surface area contributed by atoms with Crippen molar-refractivity contribution >= 4 is 16.4 Å². The molecular weight excluding hydrogens is 419 g/mol. The SMILES string of the molecule is CCOC(=O)c1ccc(O)cc1.O=S(=O)(O)O.[CH2-]CCCCCCCCCCC.[Na+]. The number of unbranched alkanes of at least 4 members (excludes halogenated alkanes) is 9. The molecule has 9 heteroatoms. The van der Waals surface area contributed by atoms with Gasteiger partial charge < -0.3 is 16.8 Å². The van der Waals surface area contributed by atoms with Crippen molar-refractivity contribution in [3.05, 3.63) is 36.8 Å². The summed E-state index contributed by atoms with van der Waals surface area (Å²) < 4.78 is 36.3. The Balaban J connectivity index is -0.000000388. The van der Waals surface area contributed by atoms with Crippen LogP contribution in [-0.2, 0) is 15.1 Å². The monoisotopic (exact) mass is 456 g/mol. The summed E-state index contributed by atoms with van der Waals surface area (Å²) in [5.41, 5.74) is 0.453. The first-order chi connectivity index (χ1) is 13.7. The van der Waals surface area contributed by atoms with Crippen LogP contribution in [0.1, 0.15) is 88.4 Å². The van der Waals surface area contributed by atoms with Gasteiger partial charge in [-0.1, -0.05) is 64.7 Å². The van der Waals surface area contributed by atoms with Gasteiger partial charge in [-0.2, -0.15) is 14.8 Å². The molecule has 0 unspecified atom stereocenters. The van der Waals surface area contributed by atoms with Crippen molar-refractivity contribution in [2.24, 2.45) is 0 Å². The van der Waals surface area contributed by atoms with Crippen molar-refractivity contribution in [2.75, 3.05) is 6.61 Å². The fraction of sp³-hybridized carbons (Fsp3) is 0.619. The molecule has 0 saturated heterocycles. The molecule has 170 valence electrons. The zero-order valence-corrected chi connectivity index (χ0v) is 21.5. The zero-order chi connectivity index (χ0) is 22.5. The van der Waals surface area contributed by atoms with Crippen LogP contribution in [0.3, 0.4) is 0 Å². The predicted octanol–water partition coefficient (Wildman–Crippen LogP) is 2.66. The summed E-state index contributed by atoms with van der Waals surface area (Å²) >= 11 is 0. The van der Waals surface area contributed by atoms with E-state index in [4.69, 9.17) is 27.4 Å². The second kappa shape index (κ2) is 23.0. The Morgan fingerprint density at radius 1 is 0.900 bits per heavy atom. The van der Waals surface area contributed by atoms with E-state index in [0.717, 1.165) is 6.42 Å². The average molecular weight is 457 g/mol. The molecule has 0 radical (unpaired) electrons. The first kappa shape index (κ1) is 34.0. The summed E-state index contributed by atoms with van der Waals surface area (Å²) in [5, 5.41) is 8.92. The molecule has 0 aromatic heterocycles. The van der Waals surface area contributed by atoms with Crippen molar-refractivity contribution in [3.63, 3.8) is 0 Å². The van der Waals surface area contributed by atoms with Gasteiger partial charge in [0.25, 0.3) is 0 Å². The van der Waals surface area contributed by atoms with Crippen LogP contribution >= 0.6 is 0 Å². The molecule has 0 atom stereocenters. The van der Waals surface area contributed by atoms with Crippen LogP contribution in [0.25, 0.3) is 0 Å². The summed E-state index contributed by atoms with van der Waals surface area (Å²) in [6.07, 6.45) is 13.9. The van der Waals surface area contributed by atoms with Crippen molar-refractivity contribution in [1.29, 1.82) is 0 Å².